The lowest BCUT2D eigenvalue weighted by molar-refractivity contribution is 0.00627. The average Bonchev–Trinajstić information content (AvgIpc) is 2.98. The highest BCUT2D eigenvalue weighted by Crippen LogP contribution is 2.45. The highest BCUT2D eigenvalue weighted by Gasteiger charge is 2.46. The SMILES string of the molecule is C=C(c1cccc2ccccc12)C(F)(F)[C@@H](N[C@@H](c1ccccc1)[C@H](O)c1ccccc1)c1ccccc1. The van der Waals surface area contributed by atoms with E-state index in [4.69, 9.17) is 0 Å². The molecule has 0 unspecified atom stereocenters. The second-order valence-corrected chi connectivity index (χ2v) is 9.38. The maximum absolute atomic E-state index is 16.7. The molecule has 0 saturated heterocycles. The van der Waals surface area contributed by atoms with E-state index in [9.17, 15) is 5.11 Å². The monoisotopic (exact) mass is 505 g/mol. The molecule has 2 N–H and O–H groups in total. The Morgan fingerprint density at radius 3 is 1.76 bits per heavy atom. The van der Waals surface area contributed by atoms with Crippen LogP contribution in [0.5, 0.6) is 0 Å². The van der Waals surface area contributed by atoms with Crippen molar-refractivity contribution in [2.45, 2.75) is 24.1 Å². The summed E-state index contributed by atoms with van der Waals surface area (Å²) >= 11 is 0. The summed E-state index contributed by atoms with van der Waals surface area (Å²) in [6, 6.07) is 37.5. The first-order valence-electron chi connectivity index (χ1n) is 12.6. The van der Waals surface area contributed by atoms with E-state index in [1.54, 1.807) is 54.6 Å². The second-order valence-electron chi connectivity index (χ2n) is 9.38. The molecule has 0 aromatic heterocycles. The van der Waals surface area contributed by atoms with Crippen molar-refractivity contribution in [1.82, 2.24) is 5.32 Å². The molecule has 190 valence electrons. The average molecular weight is 506 g/mol. The molecule has 5 aromatic rings. The molecule has 0 spiro atoms. The normalized spacial score (nSPS) is 14.1. The van der Waals surface area contributed by atoms with Gasteiger partial charge in [0, 0.05) is 5.57 Å². The van der Waals surface area contributed by atoms with E-state index < -0.39 is 24.1 Å². The maximum Gasteiger partial charge on any atom is 0.292 e. The number of hydrogen-bond donors (Lipinski definition) is 2. The van der Waals surface area contributed by atoms with Crippen molar-refractivity contribution in [3.8, 4) is 0 Å². The summed E-state index contributed by atoms with van der Waals surface area (Å²) in [5, 5.41) is 16.2. The van der Waals surface area contributed by atoms with Gasteiger partial charge in [0.2, 0.25) is 0 Å². The molecule has 0 aliphatic carbocycles. The molecule has 4 heteroatoms. The number of aliphatic hydroxyl groups excluding tert-OH is 1. The zero-order valence-corrected chi connectivity index (χ0v) is 20.8. The van der Waals surface area contributed by atoms with Crippen LogP contribution >= 0.6 is 0 Å². The second kappa shape index (κ2) is 11.1. The first kappa shape index (κ1) is 25.5. The molecule has 0 aliphatic heterocycles. The quantitative estimate of drug-likeness (QED) is 0.211. The standard InChI is InChI=1S/C34H29F2NO/c1-24(29-23-13-21-25-14-11-12-22-30(25)29)34(35,36)33(28-19-9-4-10-20-28)37-31(26-15-5-2-6-16-26)32(38)27-17-7-3-8-18-27/h2-23,31-33,37-38H,1H2/t31-,32+,33-/m0/s1. The minimum atomic E-state index is -3.39. The smallest absolute Gasteiger partial charge is 0.292 e. The molecular weight excluding hydrogens is 476 g/mol. The van der Waals surface area contributed by atoms with Gasteiger partial charge in [0.05, 0.1) is 12.1 Å². The largest absolute Gasteiger partial charge is 0.386 e. The van der Waals surface area contributed by atoms with Crippen LogP contribution in [-0.2, 0) is 0 Å². The molecular formula is C34H29F2NO. The van der Waals surface area contributed by atoms with Crippen LogP contribution in [0.4, 0.5) is 8.78 Å². The van der Waals surface area contributed by atoms with E-state index in [1.165, 1.54) is 0 Å². The lowest BCUT2D eigenvalue weighted by Gasteiger charge is -2.35. The molecule has 0 bridgehead atoms. The highest BCUT2D eigenvalue weighted by atomic mass is 19.3. The van der Waals surface area contributed by atoms with Crippen LogP contribution in [0.1, 0.15) is 40.4 Å². The zero-order chi connectivity index (χ0) is 26.5. The van der Waals surface area contributed by atoms with Crippen LogP contribution in [0.15, 0.2) is 140 Å². The molecule has 2 nitrogen and oxygen atoms in total. The highest BCUT2D eigenvalue weighted by molar-refractivity contribution is 5.94. The van der Waals surface area contributed by atoms with Crippen molar-refractivity contribution in [3.63, 3.8) is 0 Å². The molecule has 0 radical (unpaired) electrons. The Kier molecular flexibility index (Phi) is 7.45. The maximum atomic E-state index is 16.7. The molecule has 0 heterocycles. The van der Waals surface area contributed by atoms with Crippen molar-refractivity contribution >= 4 is 16.3 Å². The van der Waals surface area contributed by atoms with E-state index in [2.05, 4.69) is 11.9 Å². The first-order valence-corrected chi connectivity index (χ1v) is 12.6. The summed E-state index contributed by atoms with van der Waals surface area (Å²) in [6.07, 6.45) is -1.06. The van der Waals surface area contributed by atoms with Crippen LogP contribution < -0.4 is 5.32 Å². The molecule has 3 atom stereocenters. The minimum absolute atomic E-state index is 0.281. The third-order valence-corrected chi connectivity index (χ3v) is 6.97. The van der Waals surface area contributed by atoms with Crippen molar-refractivity contribution in [2.75, 3.05) is 0 Å². The minimum Gasteiger partial charge on any atom is -0.386 e. The van der Waals surface area contributed by atoms with E-state index in [0.29, 0.717) is 22.3 Å². The number of benzene rings is 5. The predicted molar refractivity (Wildman–Crippen MR) is 151 cm³/mol. The number of fused-ring (bicyclic) bond motifs is 1. The summed E-state index contributed by atoms with van der Waals surface area (Å²) in [6.45, 7) is 3.92. The molecule has 0 fully saturated rings. The third-order valence-electron chi connectivity index (χ3n) is 6.97. The molecule has 0 aliphatic rings. The lowest BCUT2D eigenvalue weighted by Crippen LogP contribution is -2.41. The molecule has 5 aromatic carbocycles. The molecule has 0 saturated carbocycles. The van der Waals surface area contributed by atoms with Crippen molar-refractivity contribution in [3.05, 3.63) is 162 Å². The summed E-state index contributed by atoms with van der Waals surface area (Å²) in [7, 11) is 0. The predicted octanol–water partition coefficient (Wildman–Crippen LogP) is 8.29. The Labute approximate surface area is 221 Å². The number of alkyl halides is 2. The van der Waals surface area contributed by atoms with Crippen molar-refractivity contribution < 1.29 is 13.9 Å². The fourth-order valence-electron chi connectivity index (χ4n) is 4.95. The van der Waals surface area contributed by atoms with Crippen LogP contribution in [0.2, 0.25) is 0 Å². The van der Waals surface area contributed by atoms with E-state index >= 15 is 8.78 Å². The van der Waals surface area contributed by atoms with Gasteiger partial charge in [-0.15, -0.1) is 0 Å². The van der Waals surface area contributed by atoms with Crippen LogP contribution in [0.3, 0.4) is 0 Å². The third kappa shape index (κ3) is 5.14. The molecule has 5 rings (SSSR count). The van der Waals surface area contributed by atoms with Gasteiger partial charge in [-0.2, -0.15) is 8.78 Å². The van der Waals surface area contributed by atoms with E-state index in [1.807, 2.05) is 78.9 Å². The Morgan fingerprint density at radius 1 is 0.632 bits per heavy atom. The van der Waals surface area contributed by atoms with Gasteiger partial charge in [0.1, 0.15) is 6.04 Å². The van der Waals surface area contributed by atoms with Gasteiger partial charge < -0.3 is 5.11 Å². The van der Waals surface area contributed by atoms with Gasteiger partial charge in [0.25, 0.3) is 5.92 Å². The summed E-state index contributed by atoms with van der Waals surface area (Å²) in [5.41, 5.74) is 1.86. The number of nitrogens with one attached hydrogen (secondary N) is 1. The van der Waals surface area contributed by atoms with Gasteiger partial charge in [-0.3, -0.25) is 5.32 Å². The van der Waals surface area contributed by atoms with Crippen molar-refractivity contribution in [1.29, 1.82) is 0 Å². The van der Waals surface area contributed by atoms with Crippen molar-refractivity contribution in [2.24, 2.45) is 0 Å². The number of aliphatic hydroxyl groups is 1. The Hall–Kier alpha value is -4.12. The summed E-state index contributed by atoms with van der Waals surface area (Å²) in [4.78, 5) is 0. The Balaban J connectivity index is 1.60. The van der Waals surface area contributed by atoms with E-state index in [0.717, 1.165) is 10.8 Å². The number of rotatable bonds is 9. The number of halogens is 2. The molecule has 38 heavy (non-hydrogen) atoms. The topological polar surface area (TPSA) is 32.3 Å². The molecule has 0 amide bonds. The first-order chi connectivity index (χ1) is 18.5. The zero-order valence-electron chi connectivity index (χ0n) is 20.8. The lowest BCUT2D eigenvalue weighted by atomic mass is 9.87. The van der Waals surface area contributed by atoms with Crippen LogP contribution in [0.25, 0.3) is 16.3 Å². The fraction of sp³-hybridized carbons (Fsp3) is 0.118. The number of hydrogen-bond acceptors (Lipinski definition) is 2. The van der Waals surface area contributed by atoms with E-state index in [-0.39, 0.29) is 5.57 Å². The summed E-state index contributed by atoms with van der Waals surface area (Å²) in [5.74, 6) is -3.39. The Morgan fingerprint density at radius 2 is 1.13 bits per heavy atom. The summed E-state index contributed by atoms with van der Waals surface area (Å²) < 4.78 is 33.4. The fourth-order valence-corrected chi connectivity index (χ4v) is 4.95. The van der Waals surface area contributed by atoms with Gasteiger partial charge in [-0.05, 0) is 33.0 Å². The van der Waals surface area contributed by atoms with Crippen LogP contribution in [-0.4, -0.2) is 11.0 Å². The van der Waals surface area contributed by atoms with Gasteiger partial charge in [-0.1, -0.05) is 140 Å². The van der Waals surface area contributed by atoms with Crippen LogP contribution in [0, 0.1) is 0 Å². The van der Waals surface area contributed by atoms with Gasteiger partial charge >= 0.3 is 0 Å². The Bertz CT molecular complexity index is 1500. The van der Waals surface area contributed by atoms with Gasteiger partial charge in [0.15, 0.2) is 0 Å². The van der Waals surface area contributed by atoms with Gasteiger partial charge in [-0.25, -0.2) is 0 Å².